The summed E-state index contributed by atoms with van der Waals surface area (Å²) in [5, 5.41) is 20.4. The molecule has 0 saturated heterocycles. The highest BCUT2D eigenvalue weighted by molar-refractivity contribution is 5.88. The first-order chi connectivity index (χ1) is 13.0. The molecule has 0 atom stereocenters. The van der Waals surface area contributed by atoms with Gasteiger partial charge in [0.15, 0.2) is 11.5 Å². The summed E-state index contributed by atoms with van der Waals surface area (Å²) in [5.41, 5.74) is 2.40. The van der Waals surface area contributed by atoms with Crippen molar-refractivity contribution < 1.29 is 24.1 Å². The van der Waals surface area contributed by atoms with Crippen LogP contribution in [0.15, 0.2) is 42.5 Å². The third-order valence-corrected chi connectivity index (χ3v) is 3.74. The Morgan fingerprint density at radius 2 is 1.74 bits per heavy atom. The van der Waals surface area contributed by atoms with Crippen LogP contribution in [0.25, 0.3) is 5.57 Å². The topological polar surface area (TPSA) is 101 Å². The summed E-state index contributed by atoms with van der Waals surface area (Å²) in [7, 11) is 3.00. The van der Waals surface area contributed by atoms with Crippen molar-refractivity contribution in [1.29, 1.82) is 5.26 Å². The van der Waals surface area contributed by atoms with Crippen molar-refractivity contribution in [3.05, 3.63) is 53.6 Å². The molecule has 0 heterocycles. The SMILES string of the molecule is CCOc1cc(C(=CC#N)c2ccc(NC(=O)O)c(OC)c2)ccc1OC. The predicted molar refractivity (Wildman–Crippen MR) is 101 cm³/mol. The zero-order chi connectivity index (χ0) is 19.8. The lowest BCUT2D eigenvalue weighted by Crippen LogP contribution is -2.08. The molecular formula is C20H20N2O5. The van der Waals surface area contributed by atoms with Crippen molar-refractivity contribution >= 4 is 17.4 Å². The van der Waals surface area contributed by atoms with Crippen LogP contribution in [0.1, 0.15) is 18.1 Å². The Bertz CT molecular complexity index is 900. The maximum Gasteiger partial charge on any atom is 0.409 e. The molecule has 7 nitrogen and oxygen atoms in total. The van der Waals surface area contributed by atoms with E-state index in [4.69, 9.17) is 19.3 Å². The Hall–Kier alpha value is -3.66. The minimum absolute atomic E-state index is 0.315. The van der Waals surface area contributed by atoms with Crippen molar-refractivity contribution in [2.45, 2.75) is 6.92 Å². The zero-order valence-corrected chi connectivity index (χ0v) is 15.3. The molecule has 2 aromatic carbocycles. The third-order valence-electron chi connectivity index (χ3n) is 3.74. The molecule has 0 fully saturated rings. The van der Waals surface area contributed by atoms with Crippen LogP contribution < -0.4 is 19.5 Å². The Morgan fingerprint density at radius 3 is 2.30 bits per heavy atom. The molecule has 0 aliphatic rings. The fourth-order valence-corrected chi connectivity index (χ4v) is 2.59. The summed E-state index contributed by atoms with van der Waals surface area (Å²) < 4.78 is 16.2. The van der Waals surface area contributed by atoms with Crippen molar-refractivity contribution in [2.75, 3.05) is 26.1 Å². The van der Waals surface area contributed by atoms with Crippen LogP contribution in [-0.2, 0) is 0 Å². The van der Waals surface area contributed by atoms with E-state index < -0.39 is 6.09 Å². The van der Waals surface area contributed by atoms with Crippen LogP contribution in [-0.4, -0.2) is 32.0 Å². The smallest absolute Gasteiger partial charge is 0.409 e. The quantitative estimate of drug-likeness (QED) is 0.712. The number of hydrogen-bond donors (Lipinski definition) is 2. The van der Waals surface area contributed by atoms with Gasteiger partial charge in [-0.15, -0.1) is 0 Å². The number of rotatable bonds is 7. The van der Waals surface area contributed by atoms with Gasteiger partial charge in [-0.2, -0.15) is 5.26 Å². The Balaban J connectivity index is 2.53. The maximum atomic E-state index is 10.9. The molecule has 0 bridgehead atoms. The predicted octanol–water partition coefficient (Wildman–Crippen LogP) is 4.15. The van der Waals surface area contributed by atoms with E-state index in [1.807, 2.05) is 19.1 Å². The molecule has 2 aromatic rings. The van der Waals surface area contributed by atoms with Gasteiger partial charge in [0, 0.05) is 6.08 Å². The van der Waals surface area contributed by atoms with Gasteiger partial charge < -0.3 is 19.3 Å². The minimum atomic E-state index is -1.19. The maximum absolute atomic E-state index is 10.9. The van der Waals surface area contributed by atoms with Gasteiger partial charge in [0.05, 0.1) is 32.6 Å². The number of allylic oxidation sites excluding steroid dienone is 1. The highest BCUT2D eigenvalue weighted by Crippen LogP contribution is 2.35. The summed E-state index contributed by atoms with van der Waals surface area (Å²) in [4.78, 5) is 10.9. The number of nitriles is 1. The van der Waals surface area contributed by atoms with Crippen molar-refractivity contribution in [3.8, 4) is 23.3 Å². The highest BCUT2D eigenvalue weighted by Gasteiger charge is 2.14. The van der Waals surface area contributed by atoms with Gasteiger partial charge in [-0.05, 0) is 47.9 Å². The number of methoxy groups -OCH3 is 2. The molecule has 140 valence electrons. The molecule has 2 N–H and O–H groups in total. The minimum Gasteiger partial charge on any atom is -0.495 e. The van der Waals surface area contributed by atoms with Crippen LogP contribution in [0, 0.1) is 11.3 Å². The van der Waals surface area contributed by atoms with E-state index in [0.717, 1.165) is 5.56 Å². The molecular weight excluding hydrogens is 348 g/mol. The number of ether oxygens (including phenoxy) is 3. The number of amides is 1. The van der Waals surface area contributed by atoms with Gasteiger partial charge in [0.1, 0.15) is 5.75 Å². The molecule has 7 heteroatoms. The Kier molecular flexibility index (Phi) is 6.67. The molecule has 0 aromatic heterocycles. The summed E-state index contributed by atoms with van der Waals surface area (Å²) in [6.07, 6.45) is 0.224. The van der Waals surface area contributed by atoms with Crippen LogP contribution >= 0.6 is 0 Å². The highest BCUT2D eigenvalue weighted by atomic mass is 16.5. The second kappa shape index (κ2) is 9.15. The lowest BCUT2D eigenvalue weighted by molar-refractivity contribution is 0.209. The fourth-order valence-electron chi connectivity index (χ4n) is 2.59. The van der Waals surface area contributed by atoms with Gasteiger partial charge in [-0.25, -0.2) is 4.79 Å². The number of nitrogens with one attached hydrogen (secondary N) is 1. The Labute approximate surface area is 157 Å². The first-order valence-corrected chi connectivity index (χ1v) is 8.13. The molecule has 1 amide bonds. The molecule has 0 aliphatic carbocycles. The van der Waals surface area contributed by atoms with Crippen molar-refractivity contribution in [3.63, 3.8) is 0 Å². The monoisotopic (exact) mass is 368 g/mol. The molecule has 0 saturated carbocycles. The summed E-state index contributed by atoms with van der Waals surface area (Å²) in [6, 6.07) is 12.4. The second-order valence-corrected chi connectivity index (χ2v) is 5.33. The van der Waals surface area contributed by atoms with Gasteiger partial charge in [0.25, 0.3) is 0 Å². The average Bonchev–Trinajstić information content (AvgIpc) is 2.66. The first kappa shape index (κ1) is 19.7. The molecule has 0 radical (unpaired) electrons. The van der Waals surface area contributed by atoms with E-state index in [0.29, 0.717) is 40.7 Å². The van der Waals surface area contributed by atoms with E-state index >= 15 is 0 Å². The van der Waals surface area contributed by atoms with E-state index in [2.05, 4.69) is 5.32 Å². The molecule has 27 heavy (non-hydrogen) atoms. The largest absolute Gasteiger partial charge is 0.495 e. The summed E-state index contributed by atoms with van der Waals surface area (Å²) in [6.45, 7) is 2.34. The van der Waals surface area contributed by atoms with E-state index in [1.54, 1.807) is 37.4 Å². The number of carbonyl (C=O) groups is 1. The van der Waals surface area contributed by atoms with Gasteiger partial charge in [-0.1, -0.05) is 12.1 Å². The van der Waals surface area contributed by atoms with Crippen LogP contribution in [0.2, 0.25) is 0 Å². The second-order valence-electron chi connectivity index (χ2n) is 5.33. The summed E-state index contributed by atoms with van der Waals surface area (Å²) in [5.74, 6) is 1.50. The van der Waals surface area contributed by atoms with Gasteiger partial charge in [0.2, 0.25) is 0 Å². The normalized spacial score (nSPS) is 10.7. The third kappa shape index (κ3) is 4.70. The van der Waals surface area contributed by atoms with Crippen molar-refractivity contribution in [2.24, 2.45) is 0 Å². The van der Waals surface area contributed by atoms with E-state index in [1.165, 1.54) is 13.2 Å². The standard InChI is InChI=1S/C20H20N2O5/c1-4-27-19-12-14(6-8-17(19)25-2)15(9-10-21)13-5-7-16(22-20(23)24)18(11-13)26-3/h5-9,11-12,22H,4H2,1-3H3,(H,23,24). The number of carboxylic acid groups (broad SMARTS) is 1. The lowest BCUT2D eigenvalue weighted by Gasteiger charge is -2.15. The van der Waals surface area contributed by atoms with E-state index in [-0.39, 0.29) is 0 Å². The van der Waals surface area contributed by atoms with Gasteiger partial charge >= 0.3 is 6.09 Å². The molecule has 0 aliphatic heterocycles. The lowest BCUT2D eigenvalue weighted by atomic mass is 9.96. The first-order valence-electron chi connectivity index (χ1n) is 8.13. The van der Waals surface area contributed by atoms with Crippen molar-refractivity contribution in [1.82, 2.24) is 0 Å². The zero-order valence-electron chi connectivity index (χ0n) is 15.3. The number of anilines is 1. The Morgan fingerprint density at radius 1 is 1.11 bits per heavy atom. The number of nitrogens with zero attached hydrogens (tertiary/aromatic N) is 1. The van der Waals surface area contributed by atoms with E-state index in [9.17, 15) is 10.1 Å². The molecule has 0 spiro atoms. The molecule has 2 rings (SSSR count). The summed E-state index contributed by atoms with van der Waals surface area (Å²) >= 11 is 0. The van der Waals surface area contributed by atoms with Crippen LogP contribution in [0.5, 0.6) is 17.2 Å². The van der Waals surface area contributed by atoms with Gasteiger partial charge in [-0.3, -0.25) is 5.32 Å². The number of benzene rings is 2. The fraction of sp³-hybridized carbons (Fsp3) is 0.200. The molecule has 0 unspecified atom stereocenters. The van der Waals surface area contributed by atoms with Crippen LogP contribution in [0.4, 0.5) is 10.5 Å². The average molecular weight is 368 g/mol. The van der Waals surface area contributed by atoms with Crippen LogP contribution in [0.3, 0.4) is 0 Å². The number of hydrogen-bond acceptors (Lipinski definition) is 5.